The van der Waals surface area contributed by atoms with E-state index in [0.717, 1.165) is 22.3 Å². The molecule has 42 heavy (non-hydrogen) atoms. The number of nitrogen functional groups attached to an aromatic ring is 2. The average molecular weight is 597 g/mol. The summed E-state index contributed by atoms with van der Waals surface area (Å²) in [7, 11) is -8.51. The normalized spacial score (nSPS) is 16.7. The van der Waals surface area contributed by atoms with E-state index in [1.54, 1.807) is 0 Å². The zero-order valence-electron chi connectivity index (χ0n) is 22.0. The van der Waals surface area contributed by atoms with Crippen LogP contribution in [-0.4, -0.2) is 16.8 Å². The van der Waals surface area contributed by atoms with Gasteiger partial charge in [0.25, 0.3) is 0 Å². The van der Waals surface area contributed by atoms with Crippen LogP contribution in [-0.2, 0) is 20.2 Å². The molecule has 0 atom stereocenters. The van der Waals surface area contributed by atoms with E-state index in [4.69, 9.17) is 19.8 Å². The largest absolute Gasteiger partial charge is 0.399 e. The van der Waals surface area contributed by atoms with Gasteiger partial charge in [-0.1, -0.05) is 48.5 Å². The molecule has 8 nitrogen and oxygen atoms in total. The number of hydrogen-bond donors (Lipinski definition) is 2. The van der Waals surface area contributed by atoms with Crippen molar-refractivity contribution >= 4 is 31.6 Å². The Hall–Kier alpha value is -4.80. The average Bonchev–Trinajstić information content (AvgIpc) is 2.98. The second-order valence-electron chi connectivity index (χ2n) is 10.2. The lowest BCUT2D eigenvalue weighted by atomic mass is 9.61. The van der Waals surface area contributed by atoms with Crippen molar-refractivity contribution in [2.24, 2.45) is 0 Å². The number of hydrogen-bond acceptors (Lipinski definition) is 8. The van der Waals surface area contributed by atoms with Gasteiger partial charge in [0.05, 0.1) is 0 Å². The molecule has 0 aliphatic heterocycles. The first kappa shape index (κ1) is 26.1. The van der Waals surface area contributed by atoms with Crippen molar-refractivity contribution in [1.82, 2.24) is 0 Å². The van der Waals surface area contributed by atoms with E-state index >= 15 is 0 Å². The Morgan fingerprint density at radius 1 is 0.452 bits per heavy atom. The highest BCUT2D eigenvalue weighted by Crippen LogP contribution is 2.60. The van der Waals surface area contributed by atoms with E-state index < -0.39 is 32.1 Å². The first-order valence-electron chi connectivity index (χ1n) is 13.1. The molecule has 0 saturated carbocycles. The zero-order valence-corrected chi connectivity index (χ0v) is 23.6. The fourth-order valence-electron chi connectivity index (χ4n) is 5.97. The second kappa shape index (κ2) is 9.37. The van der Waals surface area contributed by atoms with E-state index in [0.29, 0.717) is 22.5 Å². The van der Waals surface area contributed by atoms with Gasteiger partial charge in [-0.25, -0.2) is 0 Å². The minimum Gasteiger partial charge on any atom is -0.399 e. The van der Waals surface area contributed by atoms with Gasteiger partial charge in [-0.15, -0.1) is 0 Å². The smallest absolute Gasteiger partial charge is 0.339 e. The zero-order chi connectivity index (χ0) is 29.2. The summed E-state index contributed by atoms with van der Waals surface area (Å²) in [4.78, 5) is -0.114. The highest BCUT2D eigenvalue weighted by molar-refractivity contribution is 7.87. The van der Waals surface area contributed by atoms with Crippen LogP contribution in [0.3, 0.4) is 0 Å². The summed E-state index contributed by atoms with van der Waals surface area (Å²) in [5.41, 5.74) is 17.4. The third-order valence-corrected chi connectivity index (χ3v) is 10.3. The summed E-state index contributed by atoms with van der Waals surface area (Å²) in [6.45, 7) is 0. The first-order chi connectivity index (χ1) is 20.1. The maximum absolute atomic E-state index is 13.4. The van der Waals surface area contributed by atoms with Gasteiger partial charge in [-0.2, -0.15) is 16.8 Å². The van der Waals surface area contributed by atoms with Gasteiger partial charge in [-0.3, -0.25) is 0 Å². The molecule has 0 aromatic heterocycles. The van der Waals surface area contributed by atoms with Gasteiger partial charge >= 0.3 is 20.2 Å². The summed E-state index contributed by atoms with van der Waals surface area (Å²) in [5.74, 6) is -0.648. The maximum atomic E-state index is 13.4. The second-order valence-corrected chi connectivity index (χ2v) is 13.3. The molecule has 0 amide bonds. The first-order valence-corrected chi connectivity index (χ1v) is 15.9. The summed E-state index contributed by atoms with van der Waals surface area (Å²) in [5, 5.41) is 0. The molecule has 10 heteroatoms. The Bertz CT molecular complexity index is 1890. The summed E-state index contributed by atoms with van der Waals surface area (Å²) in [6, 6.07) is 30.1. The van der Waals surface area contributed by atoms with Crippen molar-refractivity contribution in [2.45, 2.75) is 21.6 Å². The van der Waals surface area contributed by atoms with Gasteiger partial charge < -0.3 is 19.8 Å². The predicted octanol–water partition coefficient (Wildman–Crippen LogP) is 5.37. The third-order valence-electron chi connectivity index (χ3n) is 7.76. The third kappa shape index (κ3) is 4.10. The van der Waals surface area contributed by atoms with E-state index in [9.17, 15) is 16.8 Å². The molecule has 4 N–H and O–H groups in total. The standard InChI is InChI=1S/C32H24N2O6S2/c33-19-9-13-21(14-10-19)41(35,36)39-27-17-18-28(40-42(37,38)22-15-11-20(34)12-16-22)32-30-24-6-2-1-5-23(24)29(31(27)32)25-7-3-4-8-26(25)30/h1-18,29-30H,33-34H2. The summed E-state index contributed by atoms with van der Waals surface area (Å²) in [6.07, 6.45) is 0. The van der Waals surface area contributed by atoms with Crippen LogP contribution in [0.4, 0.5) is 11.4 Å². The lowest BCUT2D eigenvalue weighted by Crippen LogP contribution is -2.29. The topological polar surface area (TPSA) is 139 Å². The summed E-state index contributed by atoms with van der Waals surface area (Å²) < 4.78 is 65.3. The molecular formula is C32H24N2O6S2. The Morgan fingerprint density at radius 2 is 0.762 bits per heavy atom. The molecule has 0 fully saturated rings. The van der Waals surface area contributed by atoms with Crippen LogP contribution in [0, 0.1) is 0 Å². The highest BCUT2D eigenvalue weighted by Gasteiger charge is 2.45. The Balaban J connectivity index is 1.44. The molecule has 5 aromatic rings. The van der Waals surface area contributed by atoms with Crippen LogP contribution in [0.1, 0.15) is 45.2 Å². The van der Waals surface area contributed by atoms with Gasteiger partial charge in [0, 0.05) is 34.3 Å². The monoisotopic (exact) mass is 596 g/mol. The van der Waals surface area contributed by atoms with Crippen LogP contribution in [0.15, 0.2) is 119 Å². The molecule has 210 valence electrons. The fraction of sp³-hybridized carbons (Fsp3) is 0.0625. The lowest BCUT2D eigenvalue weighted by molar-refractivity contribution is 0.467. The number of benzene rings is 5. The van der Waals surface area contributed by atoms with Crippen molar-refractivity contribution in [3.63, 3.8) is 0 Å². The number of rotatable bonds is 6. The SMILES string of the molecule is Nc1ccc(S(=O)(=O)Oc2ccc(OS(=O)(=O)c3ccc(N)cc3)c3c2C2c4ccccc4C3c3ccccc32)cc1. The molecule has 0 radical (unpaired) electrons. The summed E-state index contributed by atoms with van der Waals surface area (Å²) >= 11 is 0. The molecular weight excluding hydrogens is 572 g/mol. The van der Waals surface area contributed by atoms with Gasteiger partial charge in [0.15, 0.2) is 0 Å². The van der Waals surface area contributed by atoms with Crippen molar-refractivity contribution in [1.29, 1.82) is 0 Å². The van der Waals surface area contributed by atoms with Crippen LogP contribution in [0.2, 0.25) is 0 Å². The molecule has 5 aromatic carbocycles. The van der Waals surface area contributed by atoms with Gasteiger partial charge in [0.2, 0.25) is 0 Å². The molecule has 0 unspecified atom stereocenters. The molecule has 3 aliphatic carbocycles. The maximum Gasteiger partial charge on any atom is 0.339 e. The Labute approximate surface area is 243 Å². The van der Waals surface area contributed by atoms with E-state index in [1.165, 1.54) is 60.7 Å². The van der Waals surface area contributed by atoms with Crippen LogP contribution < -0.4 is 19.8 Å². The Morgan fingerprint density at radius 3 is 1.07 bits per heavy atom. The van der Waals surface area contributed by atoms with Gasteiger partial charge in [-0.05, 0) is 82.9 Å². The van der Waals surface area contributed by atoms with Crippen molar-refractivity contribution < 1.29 is 25.2 Å². The molecule has 0 saturated heterocycles. The number of nitrogens with two attached hydrogens (primary N) is 2. The van der Waals surface area contributed by atoms with Crippen LogP contribution in [0.25, 0.3) is 0 Å². The fourth-order valence-corrected chi connectivity index (χ4v) is 7.86. The molecule has 0 spiro atoms. The van der Waals surface area contributed by atoms with Crippen LogP contribution >= 0.6 is 0 Å². The van der Waals surface area contributed by atoms with E-state index in [2.05, 4.69) is 0 Å². The quantitative estimate of drug-likeness (QED) is 0.193. The molecule has 0 heterocycles. The molecule has 8 rings (SSSR count). The van der Waals surface area contributed by atoms with Crippen molar-refractivity contribution in [3.8, 4) is 11.5 Å². The minimum atomic E-state index is -4.26. The van der Waals surface area contributed by atoms with E-state index in [-0.39, 0.29) is 21.3 Å². The molecule has 3 aliphatic rings. The number of anilines is 2. The Kier molecular flexibility index (Phi) is 5.83. The van der Waals surface area contributed by atoms with Crippen molar-refractivity contribution in [3.05, 3.63) is 143 Å². The lowest BCUT2D eigenvalue weighted by Gasteiger charge is -2.43. The van der Waals surface area contributed by atoms with E-state index in [1.807, 2.05) is 48.5 Å². The highest BCUT2D eigenvalue weighted by atomic mass is 32.2. The van der Waals surface area contributed by atoms with Crippen LogP contribution in [0.5, 0.6) is 11.5 Å². The predicted molar refractivity (Wildman–Crippen MR) is 159 cm³/mol. The van der Waals surface area contributed by atoms with Gasteiger partial charge in [0.1, 0.15) is 21.3 Å². The minimum absolute atomic E-state index is 0.0570. The molecule has 2 bridgehead atoms. The van der Waals surface area contributed by atoms with Crippen molar-refractivity contribution in [2.75, 3.05) is 11.5 Å².